The molecule has 2 aliphatic carbocycles. The molecule has 2 aliphatic rings. The fourth-order valence-electron chi connectivity index (χ4n) is 2.73. The topological polar surface area (TPSA) is 66.4 Å². The number of carbonyl (C=O) groups excluding carboxylic acids is 1. The highest BCUT2D eigenvalue weighted by atomic mass is 19.1. The van der Waals surface area contributed by atoms with Crippen molar-refractivity contribution in [2.75, 3.05) is 6.54 Å². The van der Waals surface area contributed by atoms with Crippen LogP contribution in [0.3, 0.4) is 0 Å². The third kappa shape index (κ3) is 2.28. The summed E-state index contributed by atoms with van der Waals surface area (Å²) in [5.74, 6) is -2.34. The summed E-state index contributed by atoms with van der Waals surface area (Å²) in [4.78, 5) is 22.6. The van der Waals surface area contributed by atoms with Gasteiger partial charge in [0.05, 0.1) is 11.8 Å². The molecule has 2 N–H and O–H groups in total. The van der Waals surface area contributed by atoms with Crippen LogP contribution in [0.25, 0.3) is 0 Å². The number of carboxylic acid groups (broad SMARTS) is 1. The summed E-state index contributed by atoms with van der Waals surface area (Å²) in [7, 11) is 0. The molecule has 2 atom stereocenters. The lowest BCUT2D eigenvalue weighted by Crippen LogP contribution is -2.34. The van der Waals surface area contributed by atoms with E-state index in [0.717, 1.165) is 12.8 Å². The van der Waals surface area contributed by atoms with Crippen molar-refractivity contribution in [2.24, 2.45) is 11.8 Å². The van der Waals surface area contributed by atoms with Crippen LogP contribution in [0.1, 0.15) is 24.8 Å². The summed E-state index contributed by atoms with van der Waals surface area (Å²) in [5.41, 5.74) is 0.347. The van der Waals surface area contributed by atoms with Crippen molar-refractivity contribution >= 4 is 11.9 Å². The zero-order chi connectivity index (χ0) is 14.3. The minimum Gasteiger partial charge on any atom is -0.481 e. The lowest BCUT2D eigenvalue weighted by Gasteiger charge is -2.17. The molecule has 0 saturated heterocycles. The molecule has 0 spiro atoms. The van der Waals surface area contributed by atoms with Crippen LogP contribution in [0.5, 0.6) is 0 Å². The molecular formula is C15H16FNO3. The van der Waals surface area contributed by atoms with Crippen LogP contribution in [0.4, 0.5) is 4.39 Å². The second-order valence-corrected chi connectivity index (χ2v) is 5.76. The largest absolute Gasteiger partial charge is 0.481 e. The Morgan fingerprint density at radius 1 is 1.30 bits per heavy atom. The maximum atomic E-state index is 13.8. The average molecular weight is 277 g/mol. The fourth-order valence-corrected chi connectivity index (χ4v) is 2.73. The summed E-state index contributed by atoms with van der Waals surface area (Å²) < 4.78 is 13.8. The number of hydrogen-bond acceptors (Lipinski definition) is 2. The Kier molecular flexibility index (Phi) is 3.00. The van der Waals surface area contributed by atoms with E-state index in [1.165, 1.54) is 6.07 Å². The number of carbonyl (C=O) groups is 2. The monoisotopic (exact) mass is 277 g/mol. The predicted molar refractivity (Wildman–Crippen MR) is 69.6 cm³/mol. The number of nitrogens with one attached hydrogen (secondary N) is 1. The summed E-state index contributed by atoms with van der Waals surface area (Å²) in [5, 5.41) is 11.6. The normalized spacial score (nSPS) is 25.9. The van der Waals surface area contributed by atoms with Crippen LogP contribution >= 0.6 is 0 Å². The van der Waals surface area contributed by atoms with E-state index in [0.29, 0.717) is 18.5 Å². The highest BCUT2D eigenvalue weighted by molar-refractivity contribution is 5.89. The van der Waals surface area contributed by atoms with Gasteiger partial charge in [0.15, 0.2) is 0 Å². The van der Waals surface area contributed by atoms with Gasteiger partial charge in [0, 0.05) is 12.0 Å². The second kappa shape index (κ2) is 4.58. The molecule has 1 aromatic carbocycles. The van der Waals surface area contributed by atoms with E-state index in [1.54, 1.807) is 18.2 Å². The van der Waals surface area contributed by atoms with Crippen LogP contribution < -0.4 is 5.32 Å². The van der Waals surface area contributed by atoms with Gasteiger partial charge in [-0.25, -0.2) is 4.39 Å². The van der Waals surface area contributed by atoms with Crippen LogP contribution in [0.2, 0.25) is 0 Å². The minimum atomic E-state index is -0.916. The van der Waals surface area contributed by atoms with Crippen molar-refractivity contribution in [3.63, 3.8) is 0 Å². The van der Waals surface area contributed by atoms with Crippen LogP contribution in [-0.2, 0) is 15.0 Å². The van der Waals surface area contributed by atoms with Crippen molar-refractivity contribution in [3.8, 4) is 0 Å². The molecular weight excluding hydrogens is 261 g/mol. The van der Waals surface area contributed by atoms with Gasteiger partial charge in [-0.15, -0.1) is 0 Å². The number of rotatable bonds is 5. The van der Waals surface area contributed by atoms with E-state index < -0.39 is 17.8 Å². The lowest BCUT2D eigenvalue weighted by molar-refractivity contribution is -0.140. The van der Waals surface area contributed by atoms with E-state index in [2.05, 4.69) is 5.32 Å². The highest BCUT2D eigenvalue weighted by Crippen LogP contribution is 2.48. The Labute approximate surface area is 116 Å². The van der Waals surface area contributed by atoms with Crippen molar-refractivity contribution in [2.45, 2.75) is 24.7 Å². The number of aliphatic carboxylic acids is 1. The molecule has 0 aromatic heterocycles. The Balaban J connectivity index is 1.60. The fraction of sp³-hybridized carbons (Fsp3) is 0.467. The van der Waals surface area contributed by atoms with Gasteiger partial charge in [0.1, 0.15) is 5.82 Å². The van der Waals surface area contributed by atoms with Gasteiger partial charge in [-0.2, -0.15) is 0 Å². The lowest BCUT2D eigenvalue weighted by atomic mass is 9.95. The molecule has 0 bridgehead atoms. The smallest absolute Gasteiger partial charge is 0.307 e. The van der Waals surface area contributed by atoms with E-state index >= 15 is 0 Å². The molecule has 1 amide bonds. The molecule has 106 valence electrons. The highest BCUT2D eigenvalue weighted by Gasteiger charge is 2.50. The molecule has 3 rings (SSSR count). The van der Waals surface area contributed by atoms with Crippen molar-refractivity contribution in [1.82, 2.24) is 5.32 Å². The third-order valence-electron chi connectivity index (χ3n) is 4.34. The summed E-state index contributed by atoms with van der Waals surface area (Å²) in [6, 6.07) is 6.63. The molecule has 0 radical (unpaired) electrons. The molecule has 20 heavy (non-hydrogen) atoms. The van der Waals surface area contributed by atoms with Crippen LogP contribution in [-0.4, -0.2) is 23.5 Å². The van der Waals surface area contributed by atoms with Crippen molar-refractivity contribution in [3.05, 3.63) is 35.6 Å². The van der Waals surface area contributed by atoms with Gasteiger partial charge < -0.3 is 10.4 Å². The Hall–Kier alpha value is -1.91. The number of hydrogen-bond donors (Lipinski definition) is 2. The molecule has 0 unspecified atom stereocenters. The first-order chi connectivity index (χ1) is 9.53. The van der Waals surface area contributed by atoms with Gasteiger partial charge in [-0.05, 0) is 30.9 Å². The average Bonchev–Trinajstić information content (AvgIpc) is 3.30. The van der Waals surface area contributed by atoms with Crippen LogP contribution in [0, 0.1) is 17.7 Å². The summed E-state index contributed by atoms with van der Waals surface area (Å²) in [6.45, 7) is 0.385. The molecule has 5 heteroatoms. The van der Waals surface area contributed by atoms with Gasteiger partial charge in [0.2, 0.25) is 5.91 Å². The van der Waals surface area contributed by atoms with Crippen LogP contribution in [0.15, 0.2) is 24.3 Å². The van der Waals surface area contributed by atoms with E-state index in [1.807, 2.05) is 0 Å². The number of halogens is 1. The Bertz CT molecular complexity index is 568. The van der Waals surface area contributed by atoms with E-state index in [4.69, 9.17) is 5.11 Å². The summed E-state index contributed by atoms with van der Waals surface area (Å²) >= 11 is 0. The minimum absolute atomic E-state index is 0.222. The van der Waals surface area contributed by atoms with Gasteiger partial charge in [0.25, 0.3) is 0 Å². The zero-order valence-corrected chi connectivity index (χ0v) is 10.9. The standard InChI is InChI=1S/C15H16FNO3/c16-12-4-2-1-3-11(12)15(5-6-15)8-17-13(18)9-7-10(9)14(19)20/h1-4,9-10H,5-8H2,(H,17,18)(H,19,20)/t9-,10-/m1/s1. The Morgan fingerprint density at radius 2 is 2.00 bits per heavy atom. The van der Waals surface area contributed by atoms with E-state index in [9.17, 15) is 14.0 Å². The maximum absolute atomic E-state index is 13.8. The van der Waals surface area contributed by atoms with E-state index in [-0.39, 0.29) is 17.1 Å². The quantitative estimate of drug-likeness (QED) is 0.860. The van der Waals surface area contributed by atoms with Crippen molar-refractivity contribution in [1.29, 1.82) is 0 Å². The van der Waals surface area contributed by atoms with Gasteiger partial charge in [-0.3, -0.25) is 9.59 Å². The number of carboxylic acids is 1. The summed E-state index contributed by atoms with van der Waals surface area (Å²) in [6.07, 6.45) is 2.11. The number of benzene rings is 1. The predicted octanol–water partition coefficient (Wildman–Crippen LogP) is 1.69. The second-order valence-electron chi connectivity index (χ2n) is 5.76. The SMILES string of the molecule is O=C(O)[C@@H]1C[C@H]1C(=O)NCC1(c2ccccc2F)CC1. The van der Waals surface area contributed by atoms with Crippen molar-refractivity contribution < 1.29 is 19.1 Å². The molecule has 1 aromatic rings. The Morgan fingerprint density at radius 3 is 2.55 bits per heavy atom. The molecule has 0 heterocycles. The number of amides is 1. The zero-order valence-electron chi connectivity index (χ0n) is 10.9. The maximum Gasteiger partial charge on any atom is 0.307 e. The van der Waals surface area contributed by atoms with Gasteiger partial charge >= 0.3 is 5.97 Å². The molecule has 2 fully saturated rings. The third-order valence-corrected chi connectivity index (χ3v) is 4.34. The molecule has 4 nitrogen and oxygen atoms in total. The first-order valence-electron chi connectivity index (χ1n) is 6.79. The van der Waals surface area contributed by atoms with Gasteiger partial charge in [-0.1, -0.05) is 18.2 Å². The first kappa shape index (κ1) is 13.1. The molecule has 0 aliphatic heterocycles. The first-order valence-corrected chi connectivity index (χ1v) is 6.79. The molecule has 2 saturated carbocycles.